The molecule has 1 aromatic carbocycles. The Bertz CT molecular complexity index is 422. The van der Waals surface area contributed by atoms with Gasteiger partial charge in [0, 0.05) is 13.1 Å². The van der Waals surface area contributed by atoms with Crippen molar-refractivity contribution in [3.63, 3.8) is 0 Å². The molecule has 1 saturated heterocycles. The SMILES string of the molecule is NC(=O)C1CCN(c2cc(F)ccc2N)C1. The third-order valence-corrected chi connectivity index (χ3v) is 2.92. The van der Waals surface area contributed by atoms with Crippen LogP contribution in [-0.2, 0) is 4.79 Å². The quantitative estimate of drug-likeness (QED) is 0.725. The molecule has 1 aliphatic rings. The summed E-state index contributed by atoms with van der Waals surface area (Å²) < 4.78 is 13.1. The first-order chi connectivity index (χ1) is 7.58. The van der Waals surface area contributed by atoms with E-state index in [0.717, 1.165) is 0 Å². The van der Waals surface area contributed by atoms with E-state index in [0.29, 0.717) is 30.9 Å². The van der Waals surface area contributed by atoms with Gasteiger partial charge < -0.3 is 16.4 Å². The van der Waals surface area contributed by atoms with E-state index in [2.05, 4.69) is 0 Å². The minimum atomic E-state index is -0.327. The van der Waals surface area contributed by atoms with Crippen LogP contribution in [-0.4, -0.2) is 19.0 Å². The maximum absolute atomic E-state index is 13.1. The minimum absolute atomic E-state index is 0.164. The Morgan fingerprint density at radius 2 is 2.25 bits per heavy atom. The molecule has 0 spiro atoms. The summed E-state index contributed by atoms with van der Waals surface area (Å²) in [5, 5.41) is 0. The Kier molecular flexibility index (Phi) is 2.68. The smallest absolute Gasteiger partial charge is 0.222 e. The molecular formula is C11H14FN3O. The lowest BCUT2D eigenvalue weighted by molar-refractivity contribution is -0.121. The van der Waals surface area contributed by atoms with E-state index in [-0.39, 0.29) is 17.6 Å². The summed E-state index contributed by atoms with van der Waals surface area (Å²) in [5.74, 6) is -0.799. The van der Waals surface area contributed by atoms with E-state index in [1.54, 1.807) is 0 Å². The fourth-order valence-corrected chi connectivity index (χ4v) is 2.00. The van der Waals surface area contributed by atoms with Crippen molar-refractivity contribution in [2.24, 2.45) is 11.7 Å². The number of hydrogen-bond donors (Lipinski definition) is 2. The van der Waals surface area contributed by atoms with E-state index in [1.807, 2.05) is 4.90 Å². The zero-order valence-corrected chi connectivity index (χ0v) is 8.82. The molecule has 1 fully saturated rings. The molecule has 4 nitrogen and oxygen atoms in total. The van der Waals surface area contributed by atoms with Crippen molar-refractivity contribution in [2.75, 3.05) is 23.7 Å². The van der Waals surface area contributed by atoms with Gasteiger partial charge >= 0.3 is 0 Å². The second-order valence-electron chi connectivity index (χ2n) is 4.04. The van der Waals surface area contributed by atoms with Crippen molar-refractivity contribution < 1.29 is 9.18 Å². The zero-order valence-electron chi connectivity index (χ0n) is 8.82. The minimum Gasteiger partial charge on any atom is -0.397 e. The lowest BCUT2D eigenvalue weighted by Gasteiger charge is -2.20. The highest BCUT2D eigenvalue weighted by Gasteiger charge is 2.27. The molecule has 0 aliphatic carbocycles. The maximum Gasteiger partial charge on any atom is 0.222 e. The van der Waals surface area contributed by atoms with E-state index >= 15 is 0 Å². The molecule has 16 heavy (non-hydrogen) atoms. The van der Waals surface area contributed by atoms with Crippen LogP contribution < -0.4 is 16.4 Å². The van der Waals surface area contributed by atoms with Gasteiger partial charge in [-0.1, -0.05) is 0 Å². The molecule has 2 rings (SSSR count). The average molecular weight is 223 g/mol. The molecule has 0 aromatic heterocycles. The molecule has 0 saturated carbocycles. The highest BCUT2D eigenvalue weighted by atomic mass is 19.1. The van der Waals surface area contributed by atoms with Gasteiger partial charge in [0.15, 0.2) is 0 Å². The first kappa shape index (κ1) is 10.7. The Balaban J connectivity index is 2.20. The number of halogens is 1. The summed E-state index contributed by atoms with van der Waals surface area (Å²) in [5.41, 5.74) is 12.2. The van der Waals surface area contributed by atoms with E-state index in [9.17, 15) is 9.18 Å². The molecule has 1 atom stereocenters. The second kappa shape index (κ2) is 4.00. The Labute approximate surface area is 93.0 Å². The van der Waals surface area contributed by atoms with Crippen LogP contribution in [0.25, 0.3) is 0 Å². The van der Waals surface area contributed by atoms with Crippen LogP contribution in [0.5, 0.6) is 0 Å². The van der Waals surface area contributed by atoms with E-state index in [1.165, 1.54) is 18.2 Å². The Hall–Kier alpha value is -1.78. The predicted octanol–water partition coefficient (Wildman–Crippen LogP) is 0.719. The molecule has 0 bridgehead atoms. The van der Waals surface area contributed by atoms with Gasteiger partial charge in [0.1, 0.15) is 5.82 Å². The van der Waals surface area contributed by atoms with Crippen LogP contribution in [0.3, 0.4) is 0 Å². The van der Waals surface area contributed by atoms with Crippen molar-refractivity contribution in [3.05, 3.63) is 24.0 Å². The fraction of sp³-hybridized carbons (Fsp3) is 0.364. The van der Waals surface area contributed by atoms with Crippen LogP contribution in [0, 0.1) is 11.7 Å². The number of benzene rings is 1. The second-order valence-corrected chi connectivity index (χ2v) is 4.04. The predicted molar refractivity (Wildman–Crippen MR) is 60.3 cm³/mol. The summed E-state index contributed by atoms with van der Waals surface area (Å²) in [6.45, 7) is 1.20. The number of amides is 1. The van der Waals surface area contributed by atoms with Gasteiger partial charge in [0.05, 0.1) is 17.3 Å². The summed E-state index contributed by atoms with van der Waals surface area (Å²) >= 11 is 0. The highest BCUT2D eigenvalue weighted by molar-refractivity contribution is 5.79. The number of carbonyl (C=O) groups excluding carboxylic acids is 1. The number of nitrogens with two attached hydrogens (primary N) is 2. The van der Waals surface area contributed by atoms with Gasteiger partial charge in [0.2, 0.25) is 5.91 Å². The lowest BCUT2D eigenvalue weighted by atomic mass is 10.1. The van der Waals surface area contributed by atoms with Gasteiger partial charge in [-0.05, 0) is 24.6 Å². The maximum atomic E-state index is 13.1. The van der Waals surface area contributed by atoms with Gasteiger partial charge in [-0.15, -0.1) is 0 Å². The number of anilines is 2. The van der Waals surface area contributed by atoms with Crippen LogP contribution in [0.2, 0.25) is 0 Å². The first-order valence-corrected chi connectivity index (χ1v) is 5.17. The normalized spacial score (nSPS) is 20.1. The first-order valence-electron chi connectivity index (χ1n) is 5.17. The number of hydrogen-bond acceptors (Lipinski definition) is 3. The molecule has 1 aliphatic heterocycles. The number of nitrogen functional groups attached to an aromatic ring is 1. The van der Waals surface area contributed by atoms with Crippen molar-refractivity contribution in [2.45, 2.75) is 6.42 Å². The topological polar surface area (TPSA) is 72.4 Å². The standard InChI is InChI=1S/C11H14FN3O/c12-8-1-2-9(13)10(5-8)15-4-3-7(6-15)11(14)16/h1-2,5,7H,3-4,6,13H2,(H2,14,16). The van der Waals surface area contributed by atoms with E-state index in [4.69, 9.17) is 11.5 Å². The van der Waals surface area contributed by atoms with Crippen LogP contribution >= 0.6 is 0 Å². The van der Waals surface area contributed by atoms with Crippen LogP contribution in [0.15, 0.2) is 18.2 Å². The largest absolute Gasteiger partial charge is 0.397 e. The summed E-state index contributed by atoms with van der Waals surface area (Å²) in [6, 6.07) is 4.24. The number of nitrogens with zero attached hydrogens (tertiary/aromatic N) is 1. The number of primary amides is 1. The summed E-state index contributed by atoms with van der Waals surface area (Å²) in [4.78, 5) is 12.9. The van der Waals surface area contributed by atoms with Crippen LogP contribution in [0.4, 0.5) is 15.8 Å². The molecule has 1 aromatic rings. The fourth-order valence-electron chi connectivity index (χ4n) is 2.00. The molecule has 1 unspecified atom stereocenters. The Morgan fingerprint density at radius 3 is 2.88 bits per heavy atom. The van der Waals surface area contributed by atoms with Crippen LogP contribution in [0.1, 0.15) is 6.42 Å². The highest BCUT2D eigenvalue weighted by Crippen LogP contribution is 2.29. The van der Waals surface area contributed by atoms with Gasteiger partial charge in [-0.3, -0.25) is 4.79 Å². The van der Waals surface area contributed by atoms with Crippen molar-refractivity contribution in [1.29, 1.82) is 0 Å². The lowest BCUT2D eigenvalue weighted by Crippen LogP contribution is -2.27. The molecule has 1 amide bonds. The third kappa shape index (κ3) is 1.93. The van der Waals surface area contributed by atoms with Crippen molar-refractivity contribution >= 4 is 17.3 Å². The number of rotatable bonds is 2. The van der Waals surface area contributed by atoms with E-state index < -0.39 is 0 Å². The van der Waals surface area contributed by atoms with Crippen molar-refractivity contribution in [1.82, 2.24) is 0 Å². The molecule has 1 heterocycles. The number of carbonyl (C=O) groups is 1. The van der Waals surface area contributed by atoms with Gasteiger partial charge in [-0.2, -0.15) is 0 Å². The molecule has 0 radical (unpaired) electrons. The third-order valence-electron chi connectivity index (χ3n) is 2.92. The molecule has 5 heteroatoms. The molecule has 4 N–H and O–H groups in total. The molecular weight excluding hydrogens is 209 g/mol. The Morgan fingerprint density at radius 1 is 1.50 bits per heavy atom. The monoisotopic (exact) mass is 223 g/mol. The summed E-state index contributed by atoms with van der Waals surface area (Å²) in [7, 11) is 0. The van der Waals surface area contributed by atoms with Gasteiger partial charge in [-0.25, -0.2) is 4.39 Å². The molecule has 86 valence electrons. The average Bonchev–Trinajstić information content (AvgIpc) is 2.70. The summed E-state index contributed by atoms with van der Waals surface area (Å²) in [6.07, 6.45) is 0.700. The van der Waals surface area contributed by atoms with Crippen molar-refractivity contribution in [3.8, 4) is 0 Å². The van der Waals surface area contributed by atoms with Gasteiger partial charge in [0.25, 0.3) is 0 Å². The zero-order chi connectivity index (χ0) is 11.7.